The number of hydrogen-bond donors (Lipinski definition) is 1. The first-order valence-corrected chi connectivity index (χ1v) is 13.0. The van der Waals surface area contributed by atoms with Gasteiger partial charge in [-0.3, -0.25) is 15.0 Å². The molecule has 3 aliphatic rings. The molecule has 2 fully saturated rings. The van der Waals surface area contributed by atoms with Gasteiger partial charge in [-0.25, -0.2) is 0 Å². The third-order valence-corrected chi connectivity index (χ3v) is 7.69. The third kappa shape index (κ3) is 5.08. The second-order valence-corrected chi connectivity index (χ2v) is 10.2. The highest BCUT2D eigenvalue weighted by atomic mass is 16.6. The van der Waals surface area contributed by atoms with E-state index >= 15 is 0 Å². The lowest BCUT2D eigenvalue weighted by molar-refractivity contribution is -0.140. The van der Waals surface area contributed by atoms with Crippen LogP contribution in [0.25, 0.3) is 0 Å². The molecule has 0 aromatic heterocycles. The van der Waals surface area contributed by atoms with Crippen molar-refractivity contribution in [3.8, 4) is 11.5 Å². The van der Waals surface area contributed by atoms with Crippen molar-refractivity contribution in [2.45, 2.75) is 77.7 Å². The number of nitrogens with zero attached hydrogens (tertiary/aromatic N) is 2. The molecule has 3 heterocycles. The van der Waals surface area contributed by atoms with Crippen molar-refractivity contribution < 1.29 is 19.1 Å². The van der Waals surface area contributed by atoms with E-state index in [0.29, 0.717) is 49.3 Å². The maximum atomic E-state index is 13.4. The Bertz CT molecular complexity index is 894. The van der Waals surface area contributed by atoms with E-state index in [9.17, 15) is 9.59 Å². The molecule has 2 atom stereocenters. The summed E-state index contributed by atoms with van der Waals surface area (Å²) in [5.74, 6) is 2.25. The molecule has 186 valence electrons. The molecule has 2 unspecified atom stereocenters. The lowest BCUT2D eigenvalue weighted by Gasteiger charge is -2.29. The number of carbonyl (C=O) groups is 2. The van der Waals surface area contributed by atoms with E-state index < -0.39 is 6.10 Å². The van der Waals surface area contributed by atoms with Gasteiger partial charge in [-0.1, -0.05) is 51.7 Å². The van der Waals surface area contributed by atoms with Crippen LogP contribution in [0.1, 0.15) is 71.6 Å². The maximum Gasteiger partial charge on any atom is 0.267 e. The van der Waals surface area contributed by atoms with E-state index in [-0.39, 0.29) is 23.8 Å². The summed E-state index contributed by atoms with van der Waals surface area (Å²) in [5, 5.41) is 8.55. The highest BCUT2D eigenvalue weighted by molar-refractivity contribution is 6.07. The maximum absolute atomic E-state index is 13.4. The molecule has 2 amide bonds. The van der Waals surface area contributed by atoms with Gasteiger partial charge < -0.3 is 19.3 Å². The van der Waals surface area contributed by atoms with Gasteiger partial charge in [-0.2, -0.15) is 0 Å². The van der Waals surface area contributed by atoms with Crippen molar-refractivity contribution in [2.75, 3.05) is 26.2 Å². The zero-order chi connectivity index (χ0) is 24.1. The minimum Gasteiger partial charge on any atom is -0.485 e. The molecule has 1 N–H and O–H groups in total. The van der Waals surface area contributed by atoms with Crippen LogP contribution < -0.4 is 9.47 Å². The fraction of sp³-hybridized carbons (Fsp3) is 0.667. The number of amidine groups is 1. The number of amides is 2. The van der Waals surface area contributed by atoms with Gasteiger partial charge in [0.1, 0.15) is 12.4 Å². The Hall–Kier alpha value is -2.57. The molecule has 1 aromatic rings. The molecule has 0 radical (unpaired) electrons. The number of nitrogens with one attached hydrogen (secondary N) is 1. The van der Waals surface area contributed by atoms with E-state index in [0.717, 1.165) is 51.4 Å². The second-order valence-electron chi connectivity index (χ2n) is 10.2. The number of ether oxygens (including phenoxy) is 2. The molecule has 2 saturated heterocycles. The summed E-state index contributed by atoms with van der Waals surface area (Å²) >= 11 is 0. The lowest BCUT2D eigenvalue weighted by Crippen LogP contribution is -2.45. The van der Waals surface area contributed by atoms with Gasteiger partial charge in [-0.15, -0.1) is 0 Å². The number of carbonyl (C=O) groups excluding carboxylic acids is 2. The van der Waals surface area contributed by atoms with Gasteiger partial charge in [0, 0.05) is 26.1 Å². The summed E-state index contributed by atoms with van der Waals surface area (Å²) in [7, 11) is 0. The predicted octanol–water partition coefficient (Wildman–Crippen LogP) is 4.64. The summed E-state index contributed by atoms with van der Waals surface area (Å²) in [6.45, 7) is 6.51. The van der Waals surface area contributed by atoms with Crippen LogP contribution in [0, 0.1) is 16.7 Å². The summed E-state index contributed by atoms with van der Waals surface area (Å²) in [5.41, 5.74) is -0.366. The number of rotatable bonds is 10. The first kappa shape index (κ1) is 24.6. The smallest absolute Gasteiger partial charge is 0.267 e. The van der Waals surface area contributed by atoms with Gasteiger partial charge in [-0.05, 0) is 43.7 Å². The Kier molecular flexibility index (Phi) is 7.79. The van der Waals surface area contributed by atoms with Crippen LogP contribution in [0.5, 0.6) is 11.5 Å². The van der Waals surface area contributed by atoms with Crippen LogP contribution in [0.15, 0.2) is 24.3 Å². The largest absolute Gasteiger partial charge is 0.485 e. The minimum atomic E-state index is -0.611. The molecule has 0 bridgehead atoms. The summed E-state index contributed by atoms with van der Waals surface area (Å²) in [6, 6.07) is 7.43. The van der Waals surface area contributed by atoms with Gasteiger partial charge in [0.2, 0.25) is 12.0 Å². The number of likely N-dealkylation sites (tertiary alicyclic amines) is 2. The van der Waals surface area contributed by atoms with Gasteiger partial charge in [0.15, 0.2) is 11.5 Å². The van der Waals surface area contributed by atoms with E-state index in [1.807, 2.05) is 29.2 Å². The number of hydrogen-bond acceptors (Lipinski definition) is 5. The van der Waals surface area contributed by atoms with E-state index in [1.54, 1.807) is 4.90 Å². The molecule has 7 heteroatoms. The average molecular weight is 470 g/mol. The van der Waals surface area contributed by atoms with Crippen molar-refractivity contribution in [3.05, 3.63) is 24.3 Å². The quantitative estimate of drug-likeness (QED) is 0.541. The topological polar surface area (TPSA) is 82.9 Å². The highest BCUT2D eigenvalue weighted by Gasteiger charge is 2.48. The van der Waals surface area contributed by atoms with Crippen molar-refractivity contribution in [1.29, 1.82) is 5.41 Å². The molecule has 34 heavy (non-hydrogen) atoms. The summed E-state index contributed by atoms with van der Waals surface area (Å²) < 4.78 is 11.6. The number of benzene rings is 1. The Morgan fingerprint density at radius 1 is 1.15 bits per heavy atom. The summed E-state index contributed by atoms with van der Waals surface area (Å²) in [4.78, 5) is 30.1. The first-order chi connectivity index (χ1) is 16.5. The monoisotopic (exact) mass is 469 g/mol. The van der Waals surface area contributed by atoms with Crippen molar-refractivity contribution in [2.24, 2.45) is 11.3 Å². The van der Waals surface area contributed by atoms with Crippen LogP contribution in [0.4, 0.5) is 0 Å². The Morgan fingerprint density at radius 3 is 2.56 bits per heavy atom. The standard InChI is InChI=1S/C27H39N3O4/c1-3-5-13-27(14-6-4-2)17-24(28)30(26(27)32)16-12-20-11-15-29(18-20)25(31)23-19-33-21-9-7-8-10-22(21)34-23/h7-10,20,23,28H,3-6,11-19H2,1-2H3. The molecule has 1 aromatic carbocycles. The molecule has 0 aliphatic carbocycles. The van der Waals surface area contributed by atoms with Crippen molar-refractivity contribution >= 4 is 17.6 Å². The zero-order valence-electron chi connectivity index (χ0n) is 20.7. The number of unbranched alkanes of at least 4 members (excludes halogenated alkanes) is 2. The van der Waals surface area contributed by atoms with E-state index in [2.05, 4.69) is 13.8 Å². The molecule has 0 spiro atoms. The molecule has 7 nitrogen and oxygen atoms in total. The van der Waals surface area contributed by atoms with Crippen LogP contribution in [-0.4, -0.2) is 59.8 Å². The highest BCUT2D eigenvalue weighted by Crippen LogP contribution is 2.42. The SMILES string of the molecule is CCCCC1(CCCC)CC(=N)N(CCC2CCN(C(=O)C3COc4ccccc4O3)C2)C1=O. The van der Waals surface area contributed by atoms with Gasteiger partial charge in [0.25, 0.3) is 5.91 Å². The minimum absolute atomic E-state index is 0.0276. The van der Waals surface area contributed by atoms with Crippen molar-refractivity contribution in [3.63, 3.8) is 0 Å². The van der Waals surface area contributed by atoms with Gasteiger partial charge >= 0.3 is 0 Å². The average Bonchev–Trinajstić information content (AvgIpc) is 3.42. The van der Waals surface area contributed by atoms with Crippen LogP contribution in [0.2, 0.25) is 0 Å². The molecular formula is C27H39N3O4. The molecule has 3 aliphatic heterocycles. The Balaban J connectivity index is 1.29. The molecule has 4 rings (SSSR count). The van der Waals surface area contributed by atoms with Crippen LogP contribution in [0.3, 0.4) is 0 Å². The third-order valence-electron chi connectivity index (χ3n) is 7.69. The van der Waals surface area contributed by atoms with Gasteiger partial charge in [0.05, 0.1) is 5.41 Å². The van der Waals surface area contributed by atoms with E-state index in [4.69, 9.17) is 14.9 Å². The van der Waals surface area contributed by atoms with Crippen molar-refractivity contribution in [1.82, 2.24) is 9.80 Å². The Labute approximate surface area is 203 Å². The fourth-order valence-electron chi connectivity index (χ4n) is 5.61. The summed E-state index contributed by atoms with van der Waals surface area (Å²) in [6.07, 6.45) is 7.70. The molecule has 0 saturated carbocycles. The number of fused-ring (bicyclic) bond motifs is 1. The second kappa shape index (κ2) is 10.8. The normalized spacial score (nSPS) is 23.6. The zero-order valence-corrected chi connectivity index (χ0v) is 20.7. The molecular weight excluding hydrogens is 430 g/mol. The first-order valence-electron chi connectivity index (χ1n) is 13.0. The Morgan fingerprint density at radius 2 is 1.85 bits per heavy atom. The number of para-hydroxylation sites is 2. The predicted molar refractivity (Wildman–Crippen MR) is 131 cm³/mol. The fourth-order valence-corrected chi connectivity index (χ4v) is 5.61. The van der Waals surface area contributed by atoms with Crippen LogP contribution >= 0.6 is 0 Å². The van der Waals surface area contributed by atoms with E-state index in [1.165, 1.54) is 0 Å². The lowest BCUT2D eigenvalue weighted by atomic mass is 9.77. The van der Waals surface area contributed by atoms with Crippen LogP contribution in [-0.2, 0) is 9.59 Å².